The van der Waals surface area contributed by atoms with Crippen molar-refractivity contribution in [3.8, 4) is 11.1 Å². The van der Waals surface area contributed by atoms with Gasteiger partial charge in [-0.25, -0.2) is 4.39 Å². The molecule has 1 aliphatic rings. The summed E-state index contributed by atoms with van der Waals surface area (Å²) in [4.78, 5) is 24.0. The fraction of sp³-hybridized carbons (Fsp3) is 0.414. The van der Waals surface area contributed by atoms with Crippen LogP contribution in [0.4, 0.5) is 15.8 Å². The van der Waals surface area contributed by atoms with Crippen LogP contribution in [0.1, 0.15) is 47.6 Å². The Balaban J connectivity index is 0.000000934. The third kappa shape index (κ3) is 7.56. The van der Waals surface area contributed by atoms with Gasteiger partial charge in [0, 0.05) is 49.4 Å². The van der Waals surface area contributed by atoms with Crippen LogP contribution in [-0.2, 0) is 16.8 Å². The van der Waals surface area contributed by atoms with Crippen molar-refractivity contribution in [1.82, 2.24) is 9.97 Å². The summed E-state index contributed by atoms with van der Waals surface area (Å²) in [7, 11) is 1.72. The van der Waals surface area contributed by atoms with Crippen LogP contribution < -0.4 is 10.2 Å². The van der Waals surface area contributed by atoms with Gasteiger partial charge in [-0.1, -0.05) is 6.07 Å². The summed E-state index contributed by atoms with van der Waals surface area (Å²) in [6, 6.07) is 11.1. The molecular formula is C29H37FN4O4. The molecule has 1 aromatic carbocycles. The molecule has 0 atom stereocenters. The number of fused-ring (bicyclic) bond motifs is 1. The lowest BCUT2D eigenvalue weighted by molar-refractivity contribution is 0.102. The van der Waals surface area contributed by atoms with Crippen molar-refractivity contribution in [2.24, 2.45) is 0 Å². The quantitative estimate of drug-likeness (QED) is 0.404. The highest BCUT2D eigenvalue weighted by Gasteiger charge is 2.22. The number of carbonyl (C=O) groups is 1. The average Bonchev–Trinajstić information content (AvgIpc) is 2.92. The average molecular weight is 525 g/mol. The number of nitrogens with zero attached hydrogens (tertiary/aromatic N) is 3. The van der Waals surface area contributed by atoms with Crippen molar-refractivity contribution >= 4 is 17.3 Å². The standard InChI is InChI=1S/C27H31FN4O2.C2H6O2/c1-18-7-8-21(31-26(33)19-9-10-29-25(15-19)27(2,3)28)16-22(18)20-14-24-23(30-17-20)6-5-11-32(24)12-13-34-4;3-1-2-4/h7-10,14-17H,5-6,11-13H2,1-4H3,(H,31,33);3-4H,1-2H2. The molecule has 8 nitrogen and oxygen atoms in total. The lowest BCUT2D eigenvalue weighted by atomic mass is 9.98. The third-order valence-corrected chi connectivity index (χ3v) is 6.23. The zero-order chi connectivity index (χ0) is 27.7. The summed E-state index contributed by atoms with van der Waals surface area (Å²) >= 11 is 0. The van der Waals surface area contributed by atoms with Gasteiger partial charge in [0.15, 0.2) is 0 Å². The summed E-state index contributed by atoms with van der Waals surface area (Å²) < 4.78 is 19.6. The fourth-order valence-electron chi connectivity index (χ4n) is 4.20. The number of aromatic nitrogens is 2. The normalized spacial score (nSPS) is 12.9. The van der Waals surface area contributed by atoms with E-state index in [-0.39, 0.29) is 24.8 Å². The third-order valence-electron chi connectivity index (χ3n) is 6.23. The van der Waals surface area contributed by atoms with Crippen molar-refractivity contribution < 1.29 is 24.1 Å². The highest BCUT2D eigenvalue weighted by molar-refractivity contribution is 6.04. The molecule has 1 aliphatic heterocycles. The van der Waals surface area contributed by atoms with Crippen LogP contribution in [0.25, 0.3) is 11.1 Å². The molecule has 38 heavy (non-hydrogen) atoms. The number of halogens is 1. The van der Waals surface area contributed by atoms with E-state index in [0.29, 0.717) is 17.9 Å². The van der Waals surface area contributed by atoms with Gasteiger partial charge in [-0.05, 0) is 75.1 Å². The molecular weight excluding hydrogens is 487 g/mol. The number of hydrogen-bond donors (Lipinski definition) is 3. The zero-order valence-electron chi connectivity index (χ0n) is 22.5. The molecule has 4 rings (SSSR count). The second-order valence-electron chi connectivity index (χ2n) is 9.61. The summed E-state index contributed by atoms with van der Waals surface area (Å²) in [5.41, 5.74) is 4.98. The molecule has 204 valence electrons. The first-order valence-electron chi connectivity index (χ1n) is 12.7. The highest BCUT2D eigenvalue weighted by Crippen LogP contribution is 2.33. The van der Waals surface area contributed by atoms with Crippen molar-refractivity contribution in [3.63, 3.8) is 0 Å². The van der Waals surface area contributed by atoms with E-state index in [9.17, 15) is 9.18 Å². The van der Waals surface area contributed by atoms with E-state index in [1.54, 1.807) is 13.2 Å². The van der Waals surface area contributed by atoms with E-state index >= 15 is 0 Å². The van der Waals surface area contributed by atoms with Crippen LogP contribution in [0, 0.1) is 6.92 Å². The second kappa shape index (κ2) is 13.4. The maximum absolute atomic E-state index is 14.3. The number of aliphatic hydroxyl groups excluding tert-OH is 2. The summed E-state index contributed by atoms with van der Waals surface area (Å²) in [6.07, 6.45) is 5.42. The number of aryl methyl sites for hydroxylation is 2. The number of benzene rings is 1. The first-order chi connectivity index (χ1) is 18.2. The molecule has 0 saturated carbocycles. The van der Waals surface area contributed by atoms with Crippen LogP contribution in [0.2, 0.25) is 0 Å². The first kappa shape index (κ1) is 29.2. The largest absolute Gasteiger partial charge is 0.394 e. The van der Waals surface area contributed by atoms with Crippen molar-refractivity contribution in [1.29, 1.82) is 0 Å². The van der Waals surface area contributed by atoms with Gasteiger partial charge < -0.3 is 25.2 Å². The van der Waals surface area contributed by atoms with Crippen molar-refractivity contribution in [2.45, 2.75) is 39.3 Å². The number of aliphatic hydroxyl groups is 2. The van der Waals surface area contributed by atoms with Crippen LogP contribution in [0.5, 0.6) is 0 Å². The molecule has 0 fully saturated rings. The van der Waals surface area contributed by atoms with Crippen LogP contribution >= 0.6 is 0 Å². The van der Waals surface area contributed by atoms with Crippen molar-refractivity contribution in [2.75, 3.05) is 50.2 Å². The Morgan fingerprint density at radius 2 is 1.92 bits per heavy atom. The zero-order valence-corrected chi connectivity index (χ0v) is 22.5. The van der Waals surface area contributed by atoms with E-state index in [4.69, 9.17) is 19.9 Å². The summed E-state index contributed by atoms with van der Waals surface area (Å²) in [5.74, 6) is -0.308. The second-order valence-corrected chi connectivity index (χ2v) is 9.61. The fourth-order valence-corrected chi connectivity index (χ4v) is 4.20. The van der Waals surface area contributed by atoms with E-state index in [1.807, 2.05) is 31.3 Å². The monoisotopic (exact) mass is 524 g/mol. The predicted octanol–water partition coefficient (Wildman–Crippen LogP) is 4.28. The maximum Gasteiger partial charge on any atom is 0.255 e. The number of amides is 1. The molecule has 2 aromatic heterocycles. The smallest absolute Gasteiger partial charge is 0.255 e. The number of alkyl halides is 1. The number of nitrogens with one attached hydrogen (secondary N) is 1. The Bertz CT molecular complexity index is 1230. The maximum atomic E-state index is 14.3. The van der Waals surface area contributed by atoms with E-state index < -0.39 is 5.67 Å². The molecule has 3 aromatic rings. The van der Waals surface area contributed by atoms with Crippen LogP contribution in [0.15, 0.2) is 48.8 Å². The molecule has 0 radical (unpaired) electrons. The number of methoxy groups -OCH3 is 1. The lowest BCUT2D eigenvalue weighted by Crippen LogP contribution is -2.32. The molecule has 3 N–H and O–H groups in total. The lowest BCUT2D eigenvalue weighted by Gasteiger charge is -2.31. The Hall–Kier alpha value is -3.40. The molecule has 3 heterocycles. The Morgan fingerprint density at radius 1 is 1.16 bits per heavy atom. The molecule has 0 saturated heterocycles. The van der Waals surface area contributed by atoms with Gasteiger partial charge in [0.25, 0.3) is 5.91 Å². The van der Waals surface area contributed by atoms with Gasteiger partial charge in [-0.3, -0.25) is 14.8 Å². The predicted molar refractivity (Wildman–Crippen MR) is 147 cm³/mol. The van der Waals surface area contributed by atoms with Gasteiger partial charge in [0.1, 0.15) is 5.67 Å². The number of carbonyl (C=O) groups excluding carboxylic acids is 1. The first-order valence-corrected chi connectivity index (χ1v) is 12.7. The van der Waals surface area contributed by atoms with E-state index in [0.717, 1.165) is 54.0 Å². The molecule has 9 heteroatoms. The molecule has 0 bridgehead atoms. The van der Waals surface area contributed by atoms with Gasteiger partial charge in [-0.15, -0.1) is 0 Å². The number of pyridine rings is 2. The minimum absolute atomic E-state index is 0.125. The Kier molecular flexibility index (Phi) is 10.3. The Labute approximate surface area is 223 Å². The summed E-state index contributed by atoms with van der Waals surface area (Å²) in [5, 5.41) is 18.2. The van der Waals surface area contributed by atoms with E-state index in [1.165, 1.54) is 26.1 Å². The topological polar surface area (TPSA) is 108 Å². The van der Waals surface area contributed by atoms with Gasteiger partial charge in [-0.2, -0.15) is 0 Å². The van der Waals surface area contributed by atoms with Crippen LogP contribution in [0.3, 0.4) is 0 Å². The number of ether oxygens (including phenoxy) is 1. The van der Waals surface area contributed by atoms with Crippen LogP contribution in [-0.4, -0.2) is 66.1 Å². The van der Waals surface area contributed by atoms with E-state index in [2.05, 4.69) is 21.3 Å². The Morgan fingerprint density at radius 3 is 2.61 bits per heavy atom. The molecule has 1 amide bonds. The molecule has 0 aliphatic carbocycles. The molecule has 0 spiro atoms. The number of anilines is 2. The van der Waals surface area contributed by atoms with Gasteiger partial charge >= 0.3 is 0 Å². The highest BCUT2D eigenvalue weighted by atomic mass is 19.1. The minimum atomic E-state index is -1.62. The number of rotatable bonds is 8. The van der Waals surface area contributed by atoms with Crippen molar-refractivity contribution in [3.05, 3.63) is 71.3 Å². The van der Waals surface area contributed by atoms with Gasteiger partial charge in [0.05, 0.1) is 36.9 Å². The number of hydrogen-bond acceptors (Lipinski definition) is 7. The minimum Gasteiger partial charge on any atom is -0.394 e. The summed E-state index contributed by atoms with van der Waals surface area (Å²) in [6.45, 7) is 7.12. The molecule has 0 unspecified atom stereocenters. The van der Waals surface area contributed by atoms with Gasteiger partial charge in [0.2, 0.25) is 0 Å². The SMILES string of the molecule is COCCN1CCCc2ncc(-c3cc(NC(=O)c4ccnc(C(C)(C)F)c4)ccc3C)cc21.OCCO.